The highest BCUT2D eigenvalue weighted by molar-refractivity contribution is 5.28. The Labute approximate surface area is 91.7 Å². The molecule has 0 aromatic heterocycles. The van der Waals surface area contributed by atoms with E-state index >= 15 is 0 Å². The van der Waals surface area contributed by atoms with Crippen molar-refractivity contribution >= 4 is 0 Å². The molecule has 1 aromatic rings. The van der Waals surface area contributed by atoms with Gasteiger partial charge in [0, 0.05) is 0 Å². The molecule has 0 bridgehead atoms. The molecule has 1 rings (SSSR count). The average molecular weight is 234 g/mol. The molecule has 0 fully saturated rings. The quantitative estimate of drug-likeness (QED) is 0.867. The van der Waals surface area contributed by atoms with Gasteiger partial charge in [-0.2, -0.15) is 13.2 Å². The molecule has 0 aliphatic heterocycles. The van der Waals surface area contributed by atoms with Crippen LogP contribution >= 0.6 is 0 Å². The number of hydrogen-bond donors (Lipinski definition) is 1. The van der Waals surface area contributed by atoms with Crippen LogP contribution in [0.4, 0.5) is 13.2 Å². The summed E-state index contributed by atoms with van der Waals surface area (Å²) in [5.74, 6) is 0.596. The second-order valence-electron chi connectivity index (χ2n) is 3.45. The van der Waals surface area contributed by atoms with Crippen LogP contribution in [0.2, 0.25) is 0 Å². The zero-order valence-electron chi connectivity index (χ0n) is 8.79. The van der Waals surface area contributed by atoms with E-state index in [4.69, 9.17) is 9.84 Å². The summed E-state index contributed by atoms with van der Waals surface area (Å²) in [5.41, 5.74) is 0.711. The minimum absolute atomic E-state index is 0.165. The van der Waals surface area contributed by atoms with Crippen LogP contribution in [0.3, 0.4) is 0 Å². The SMILES string of the molecule is COc1cccc(CCC(O)C(F)(F)F)c1. The molecule has 1 N–H and O–H groups in total. The number of halogens is 3. The van der Waals surface area contributed by atoms with E-state index in [2.05, 4.69) is 0 Å². The van der Waals surface area contributed by atoms with E-state index in [-0.39, 0.29) is 12.8 Å². The number of benzene rings is 1. The highest BCUT2D eigenvalue weighted by atomic mass is 19.4. The van der Waals surface area contributed by atoms with Gasteiger partial charge in [0.1, 0.15) is 11.9 Å². The van der Waals surface area contributed by atoms with Crippen molar-refractivity contribution in [3.05, 3.63) is 29.8 Å². The minimum atomic E-state index is -4.54. The summed E-state index contributed by atoms with van der Waals surface area (Å²) in [6.07, 6.45) is -6.98. The van der Waals surface area contributed by atoms with Gasteiger partial charge in [-0.15, -0.1) is 0 Å². The zero-order valence-corrected chi connectivity index (χ0v) is 8.79. The Hall–Kier alpha value is -1.23. The molecule has 0 amide bonds. The number of hydrogen-bond acceptors (Lipinski definition) is 2. The highest BCUT2D eigenvalue weighted by Gasteiger charge is 2.37. The third-order valence-electron chi connectivity index (χ3n) is 2.22. The lowest BCUT2D eigenvalue weighted by Gasteiger charge is -2.14. The second-order valence-corrected chi connectivity index (χ2v) is 3.45. The van der Waals surface area contributed by atoms with Crippen molar-refractivity contribution in [2.45, 2.75) is 25.1 Å². The van der Waals surface area contributed by atoms with Gasteiger partial charge >= 0.3 is 6.18 Å². The largest absolute Gasteiger partial charge is 0.497 e. The maximum absolute atomic E-state index is 12.0. The molecule has 2 nitrogen and oxygen atoms in total. The van der Waals surface area contributed by atoms with Gasteiger partial charge < -0.3 is 9.84 Å². The predicted molar refractivity (Wildman–Crippen MR) is 53.4 cm³/mol. The summed E-state index contributed by atoms with van der Waals surface area (Å²) in [6, 6.07) is 6.77. The van der Waals surface area contributed by atoms with Gasteiger partial charge in [0.25, 0.3) is 0 Å². The molecule has 90 valence electrons. The van der Waals surface area contributed by atoms with Gasteiger partial charge in [0.2, 0.25) is 0 Å². The smallest absolute Gasteiger partial charge is 0.414 e. The Morgan fingerprint density at radius 3 is 2.62 bits per heavy atom. The molecule has 0 aliphatic rings. The van der Waals surface area contributed by atoms with Gasteiger partial charge in [-0.3, -0.25) is 0 Å². The maximum atomic E-state index is 12.0. The van der Waals surface area contributed by atoms with Gasteiger partial charge in [0.15, 0.2) is 0 Å². The maximum Gasteiger partial charge on any atom is 0.414 e. The molecule has 1 atom stereocenters. The fourth-order valence-electron chi connectivity index (χ4n) is 1.30. The Morgan fingerprint density at radius 2 is 2.06 bits per heavy atom. The van der Waals surface area contributed by atoms with Crippen LogP contribution in [0.5, 0.6) is 5.75 Å². The number of alkyl halides is 3. The summed E-state index contributed by atoms with van der Waals surface area (Å²) in [7, 11) is 1.49. The van der Waals surface area contributed by atoms with Crippen LogP contribution in [0.15, 0.2) is 24.3 Å². The summed E-state index contributed by atoms with van der Waals surface area (Å²) >= 11 is 0. The molecular weight excluding hydrogens is 221 g/mol. The third kappa shape index (κ3) is 3.73. The van der Waals surface area contributed by atoms with Crippen molar-refractivity contribution in [3.63, 3.8) is 0 Å². The van der Waals surface area contributed by atoms with Gasteiger partial charge in [0.05, 0.1) is 7.11 Å². The standard InChI is InChI=1S/C11H13F3O2/c1-16-9-4-2-3-8(7-9)5-6-10(15)11(12,13)14/h2-4,7,10,15H,5-6H2,1H3. The molecule has 0 aliphatic carbocycles. The van der Waals surface area contributed by atoms with Crippen molar-refractivity contribution in [3.8, 4) is 5.75 Å². The molecular formula is C11H13F3O2. The molecule has 16 heavy (non-hydrogen) atoms. The summed E-state index contributed by atoms with van der Waals surface area (Å²) < 4.78 is 41.0. The van der Waals surface area contributed by atoms with E-state index in [0.717, 1.165) is 0 Å². The van der Waals surface area contributed by atoms with Crippen molar-refractivity contribution in [1.82, 2.24) is 0 Å². The lowest BCUT2D eigenvalue weighted by molar-refractivity contribution is -0.205. The zero-order chi connectivity index (χ0) is 12.2. The molecule has 0 spiro atoms. The molecule has 0 radical (unpaired) electrons. The topological polar surface area (TPSA) is 29.5 Å². The first kappa shape index (κ1) is 12.8. The van der Waals surface area contributed by atoms with Gasteiger partial charge in [-0.1, -0.05) is 12.1 Å². The number of aryl methyl sites for hydroxylation is 1. The van der Waals surface area contributed by atoms with Crippen LogP contribution in [0, 0.1) is 0 Å². The molecule has 1 aromatic carbocycles. The van der Waals surface area contributed by atoms with E-state index in [9.17, 15) is 13.2 Å². The number of methoxy groups -OCH3 is 1. The number of ether oxygens (including phenoxy) is 1. The minimum Gasteiger partial charge on any atom is -0.497 e. The lowest BCUT2D eigenvalue weighted by atomic mass is 10.1. The molecule has 1 unspecified atom stereocenters. The molecule has 5 heteroatoms. The first-order valence-corrected chi connectivity index (χ1v) is 4.81. The van der Waals surface area contributed by atoms with Crippen LogP contribution in [-0.2, 0) is 6.42 Å². The first-order valence-electron chi connectivity index (χ1n) is 4.81. The Balaban J connectivity index is 2.54. The average Bonchev–Trinajstić information content (AvgIpc) is 2.25. The van der Waals surface area contributed by atoms with Crippen LogP contribution in [0.25, 0.3) is 0 Å². The normalized spacial score (nSPS) is 13.6. The Morgan fingerprint density at radius 1 is 1.38 bits per heavy atom. The summed E-state index contributed by atoms with van der Waals surface area (Å²) in [6.45, 7) is 0. The third-order valence-corrected chi connectivity index (χ3v) is 2.22. The lowest BCUT2D eigenvalue weighted by Crippen LogP contribution is -2.28. The van der Waals surface area contributed by atoms with Crippen molar-refractivity contribution in [1.29, 1.82) is 0 Å². The molecule has 0 heterocycles. The van der Waals surface area contributed by atoms with E-state index < -0.39 is 12.3 Å². The number of rotatable bonds is 4. The van der Waals surface area contributed by atoms with Crippen molar-refractivity contribution in [2.75, 3.05) is 7.11 Å². The Bertz CT molecular complexity index is 336. The van der Waals surface area contributed by atoms with Crippen LogP contribution in [0.1, 0.15) is 12.0 Å². The second kappa shape index (κ2) is 5.21. The fourth-order valence-corrected chi connectivity index (χ4v) is 1.30. The van der Waals surface area contributed by atoms with Gasteiger partial charge in [-0.25, -0.2) is 0 Å². The Kier molecular flexibility index (Phi) is 4.18. The van der Waals surface area contributed by atoms with Crippen molar-refractivity contribution < 1.29 is 23.0 Å². The predicted octanol–water partition coefficient (Wildman–Crippen LogP) is 2.55. The summed E-state index contributed by atoms with van der Waals surface area (Å²) in [5, 5.41) is 8.82. The van der Waals surface area contributed by atoms with Gasteiger partial charge in [-0.05, 0) is 30.5 Å². The number of aliphatic hydroxyl groups excluding tert-OH is 1. The fraction of sp³-hybridized carbons (Fsp3) is 0.455. The van der Waals surface area contributed by atoms with E-state index in [1.54, 1.807) is 24.3 Å². The number of aliphatic hydroxyl groups is 1. The van der Waals surface area contributed by atoms with Crippen LogP contribution < -0.4 is 4.74 Å². The monoisotopic (exact) mass is 234 g/mol. The molecule has 0 saturated heterocycles. The van der Waals surface area contributed by atoms with Crippen molar-refractivity contribution in [2.24, 2.45) is 0 Å². The summed E-state index contributed by atoms with van der Waals surface area (Å²) in [4.78, 5) is 0. The molecule has 0 saturated carbocycles. The first-order chi connectivity index (χ1) is 7.43. The van der Waals surface area contributed by atoms with E-state index in [1.165, 1.54) is 7.11 Å². The van der Waals surface area contributed by atoms with E-state index in [0.29, 0.717) is 11.3 Å². The highest BCUT2D eigenvalue weighted by Crippen LogP contribution is 2.24. The van der Waals surface area contributed by atoms with E-state index in [1.807, 2.05) is 0 Å². The van der Waals surface area contributed by atoms with Crippen LogP contribution in [-0.4, -0.2) is 24.5 Å².